The maximum Gasteiger partial charge on any atom is 0.387 e. The molecule has 0 unspecified atom stereocenters. The third kappa shape index (κ3) is 5.63. The SMILES string of the molecule is COc1cc(F)c([C@@H]2CN(c3nc(N4CC(F)(F)C4)ccc3F)C(=O)[C@H]2NC(=O)c2ccc(OC(F)F)cc2)c(F)c1. The van der Waals surface area contributed by atoms with Crippen molar-refractivity contribution in [1.82, 2.24) is 10.3 Å². The first-order valence-corrected chi connectivity index (χ1v) is 12.4. The van der Waals surface area contributed by atoms with Crippen LogP contribution in [-0.4, -0.2) is 62.1 Å². The molecule has 0 radical (unpaired) electrons. The minimum atomic E-state index is -3.10. The van der Waals surface area contributed by atoms with E-state index < -0.39 is 84.8 Å². The molecule has 2 amide bonds. The average Bonchev–Trinajstić information content (AvgIpc) is 3.22. The zero-order chi connectivity index (χ0) is 30.3. The number of nitrogens with one attached hydrogen (secondary N) is 1. The molecule has 222 valence electrons. The van der Waals surface area contributed by atoms with Gasteiger partial charge in [-0.25, -0.2) is 26.9 Å². The number of halogens is 7. The Morgan fingerprint density at radius 3 is 2.21 bits per heavy atom. The Kier molecular flexibility index (Phi) is 7.60. The number of methoxy groups -OCH3 is 1. The van der Waals surface area contributed by atoms with E-state index in [4.69, 9.17) is 4.74 Å². The van der Waals surface area contributed by atoms with Gasteiger partial charge in [-0.3, -0.25) is 14.5 Å². The van der Waals surface area contributed by atoms with Gasteiger partial charge < -0.3 is 19.7 Å². The highest BCUT2D eigenvalue weighted by molar-refractivity contribution is 6.04. The highest BCUT2D eigenvalue weighted by Crippen LogP contribution is 2.38. The number of nitrogens with zero attached hydrogens (tertiary/aromatic N) is 3. The predicted octanol–water partition coefficient (Wildman–Crippen LogP) is 4.49. The topological polar surface area (TPSA) is 84.0 Å². The maximum absolute atomic E-state index is 15.2. The lowest BCUT2D eigenvalue weighted by atomic mass is 9.92. The summed E-state index contributed by atoms with van der Waals surface area (Å²) in [5.74, 6) is -10.6. The van der Waals surface area contributed by atoms with Crippen LogP contribution >= 0.6 is 0 Å². The van der Waals surface area contributed by atoms with Crippen molar-refractivity contribution in [1.29, 1.82) is 0 Å². The Bertz CT molecular complexity index is 1490. The molecule has 2 saturated heterocycles. The summed E-state index contributed by atoms with van der Waals surface area (Å²) in [6.07, 6.45) is 0. The molecule has 0 saturated carbocycles. The van der Waals surface area contributed by atoms with E-state index in [-0.39, 0.29) is 22.9 Å². The number of anilines is 2. The summed E-state index contributed by atoms with van der Waals surface area (Å²) in [7, 11) is 1.19. The molecule has 2 aromatic carbocycles. The van der Waals surface area contributed by atoms with Gasteiger partial charge in [-0.05, 0) is 36.4 Å². The van der Waals surface area contributed by atoms with Gasteiger partial charge in [0, 0.05) is 35.7 Å². The third-order valence-corrected chi connectivity index (χ3v) is 6.84. The molecule has 8 nitrogen and oxygen atoms in total. The fourth-order valence-corrected chi connectivity index (χ4v) is 4.85. The molecule has 2 atom stereocenters. The molecule has 1 N–H and O–H groups in total. The van der Waals surface area contributed by atoms with E-state index in [1.807, 2.05) is 0 Å². The largest absolute Gasteiger partial charge is 0.497 e. The number of hydrogen-bond donors (Lipinski definition) is 1. The van der Waals surface area contributed by atoms with Crippen LogP contribution in [0.15, 0.2) is 48.5 Å². The number of ether oxygens (including phenoxy) is 2. The Morgan fingerprint density at radius 1 is 1.00 bits per heavy atom. The summed E-state index contributed by atoms with van der Waals surface area (Å²) in [6, 6.07) is 6.57. The van der Waals surface area contributed by atoms with E-state index in [1.165, 1.54) is 7.11 Å². The van der Waals surface area contributed by atoms with E-state index in [1.54, 1.807) is 0 Å². The molecule has 42 heavy (non-hydrogen) atoms. The highest BCUT2D eigenvalue weighted by atomic mass is 19.3. The molecular weight excluding hydrogens is 577 g/mol. The van der Waals surface area contributed by atoms with Crippen molar-refractivity contribution in [3.8, 4) is 11.5 Å². The van der Waals surface area contributed by atoms with Gasteiger partial charge in [0.15, 0.2) is 11.6 Å². The van der Waals surface area contributed by atoms with Crippen LogP contribution in [0, 0.1) is 17.5 Å². The minimum absolute atomic E-state index is 0.0536. The van der Waals surface area contributed by atoms with Crippen LogP contribution in [0.25, 0.3) is 0 Å². The molecule has 2 aliphatic heterocycles. The summed E-state index contributed by atoms with van der Waals surface area (Å²) >= 11 is 0. The van der Waals surface area contributed by atoms with Gasteiger partial charge in [0.25, 0.3) is 17.7 Å². The molecule has 1 aromatic heterocycles. The van der Waals surface area contributed by atoms with Gasteiger partial charge in [-0.2, -0.15) is 8.78 Å². The first-order chi connectivity index (χ1) is 19.9. The number of alkyl halides is 4. The van der Waals surface area contributed by atoms with Crippen LogP contribution in [0.2, 0.25) is 0 Å². The second-order valence-electron chi connectivity index (χ2n) is 9.60. The summed E-state index contributed by atoms with van der Waals surface area (Å²) in [4.78, 5) is 32.6. The normalized spacial score (nSPS) is 19.6. The number of benzene rings is 2. The summed E-state index contributed by atoms with van der Waals surface area (Å²) < 4.78 is 106. The van der Waals surface area contributed by atoms with Crippen molar-refractivity contribution in [2.24, 2.45) is 0 Å². The molecule has 0 spiro atoms. The van der Waals surface area contributed by atoms with Gasteiger partial charge in [0.05, 0.1) is 20.2 Å². The Balaban J connectivity index is 1.49. The van der Waals surface area contributed by atoms with Crippen molar-refractivity contribution < 1.29 is 49.8 Å². The average molecular weight is 598 g/mol. The Hall–Kier alpha value is -4.56. The fourth-order valence-electron chi connectivity index (χ4n) is 4.85. The van der Waals surface area contributed by atoms with Gasteiger partial charge in [0.2, 0.25) is 0 Å². The molecule has 0 bridgehead atoms. The van der Waals surface area contributed by atoms with E-state index in [0.29, 0.717) is 0 Å². The number of carbonyl (C=O) groups excluding carboxylic acids is 2. The monoisotopic (exact) mass is 598 g/mol. The van der Waals surface area contributed by atoms with Crippen molar-refractivity contribution in [2.75, 3.05) is 36.5 Å². The summed E-state index contributed by atoms with van der Waals surface area (Å²) in [6.45, 7) is -5.01. The van der Waals surface area contributed by atoms with Crippen LogP contribution in [0.3, 0.4) is 0 Å². The third-order valence-electron chi connectivity index (χ3n) is 6.84. The molecule has 15 heteroatoms. The van der Waals surface area contributed by atoms with Crippen LogP contribution in [0.5, 0.6) is 11.5 Å². The highest BCUT2D eigenvalue weighted by Gasteiger charge is 2.48. The second-order valence-corrected chi connectivity index (χ2v) is 9.60. The Morgan fingerprint density at radius 2 is 1.64 bits per heavy atom. The zero-order valence-electron chi connectivity index (χ0n) is 21.6. The number of aromatic nitrogens is 1. The lowest BCUT2D eigenvalue weighted by Gasteiger charge is -2.39. The van der Waals surface area contributed by atoms with Crippen molar-refractivity contribution in [2.45, 2.75) is 24.5 Å². The Labute approximate surface area is 233 Å². The van der Waals surface area contributed by atoms with E-state index >= 15 is 8.78 Å². The van der Waals surface area contributed by atoms with Gasteiger partial charge in [-0.15, -0.1) is 0 Å². The predicted molar refractivity (Wildman–Crippen MR) is 134 cm³/mol. The molecule has 3 heterocycles. The van der Waals surface area contributed by atoms with Crippen molar-refractivity contribution in [3.05, 3.63) is 77.1 Å². The lowest BCUT2D eigenvalue weighted by Crippen LogP contribution is -2.56. The number of amides is 2. The fraction of sp³-hybridized carbons (Fsp3) is 0.296. The molecule has 2 aliphatic rings. The molecule has 0 aliphatic carbocycles. The van der Waals surface area contributed by atoms with Gasteiger partial charge >= 0.3 is 6.61 Å². The first-order valence-electron chi connectivity index (χ1n) is 12.4. The number of pyridine rings is 1. The van der Waals surface area contributed by atoms with E-state index in [2.05, 4.69) is 15.0 Å². The summed E-state index contributed by atoms with van der Waals surface area (Å²) in [5, 5.41) is 2.38. The van der Waals surface area contributed by atoms with Crippen LogP contribution in [0.1, 0.15) is 21.8 Å². The van der Waals surface area contributed by atoms with Crippen LogP contribution in [-0.2, 0) is 4.79 Å². The number of carbonyl (C=O) groups is 2. The van der Waals surface area contributed by atoms with Gasteiger partial charge in [-0.1, -0.05) is 0 Å². The molecule has 5 rings (SSSR count). The second kappa shape index (κ2) is 11.0. The lowest BCUT2D eigenvalue weighted by molar-refractivity contribution is -0.118. The summed E-state index contributed by atoms with van der Waals surface area (Å²) in [5.41, 5.74) is -0.709. The van der Waals surface area contributed by atoms with E-state index in [0.717, 1.165) is 58.3 Å². The minimum Gasteiger partial charge on any atom is -0.497 e. The van der Waals surface area contributed by atoms with Crippen LogP contribution < -0.4 is 24.6 Å². The molecule has 2 fully saturated rings. The maximum atomic E-state index is 15.2. The van der Waals surface area contributed by atoms with Gasteiger partial charge in [0.1, 0.15) is 35.0 Å². The number of hydrogen-bond acceptors (Lipinski definition) is 6. The molecule has 3 aromatic rings. The smallest absolute Gasteiger partial charge is 0.387 e. The van der Waals surface area contributed by atoms with Crippen molar-refractivity contribution >= 4 is 23.5 Å². The number of rotatable bonds is 8. The quantitative estimate of drug-likeness (QED) is 0.385. The first kappa shape index (κ1) is 29.0. The molecular formula is C27H21F7N4O4. The van der Waals surface area contributed by atoms with Crippen LogP contribution in [0.4, 0.5) is 42.4 Å². The zero-order valence-corrected chi connectivity index (χ0v) is 21.6. The van der Waals surface area contributed by atoms with E-state index in [9.17, 15) is 31.5 Å². The standard InChI is InChI=1S/C27H21F7N4O4/c1-41-15-8-18(29)21(19(30)9-15)16-10-38(23-17(28)6-7-20(35-23)37-11-27(33,34)12-37)25(40)22(16)36-24(39)13-2-4-14(5-3-13)42-26(31)32/h2-9,16,22,26H,10-12H2,1H3,(H,36,39)/t16-,22-/m0/s1. The van der Waals surface area contributed by atoms with Crippen molar-refractivity contribution in [3.63, 3.8) is 0 Å².